The zero-order valence-corrected chi connectivity index (χ0v) is 13.5. The van der Waals surface area contributed by atoms with E-state index in [1.807, 2.05) is 12.1 Å². The minimum absolute atomic E-state index is 0.537. The molecule has 0 unspecified atom stereocenters. The minimum Gasteiger partial charge on any atom is -0.216 e. The molecule has 0 bridgehead atoms. The van der Waals surface area contributed by atoms with Crippen LogP contribution < -0.4 is 0 Å². The third-order valence-electron chi connectivity index (χ3n) is 5.04. The highest BCUT2D eigenvalue weighted by Crippen LogP contribution is 2.37. The number of hydrogen-bond acceptors (Lipinski definition) is 0. The molecule has 0 atom stereocenters. The summed E-state index contributed by atoms with van der Waals surface area (Å²) in [5.74, 6) is -0.517. The molecular formula is C21H21F3. The van der Waals surface area contributed by atoms with Crippen LogP contribution in [0.15, 0.2) is 54.9 Å². The lowest BCUT2D eigenvalue weighted by Crippen LogP contribution is -2.12. The standard InChI is InChI=1S/C21H21F3/c22-13-1-2-15-3-5-16(6-4-15)17-7-9-18(10-8-17)19-11-12-20(23)21(24)14-19/h1,7-16H,2-6H2/t15-,16-. The van der Waals surface area contributed by atoms with Crippen molar-refractivity contribution in [3.63, 3.8) is 0 Å². The molecule has 0 nitrogen and oxygen atoms in total. The molecule has 0 radical (unpaired) electrons. The Morgan fingerprint density at radius 3 is 2.12 bits per heavy atom. The highest BCUT2D eigenvalue weighted by Gasteiger charge is 2.21. The van der Waals surface area contributed by atoms with Gasteiger partial charge in [-0.2, -0.15) is 0 Å². The fourth-order valence-corrected chi connectivity index (χ4v) is 3.60. The lowest BCUT2D eigenvalue weighted by molar-refractivity contribution is 0.327. The third kappa shape index (κ3) is 3.89. The van der Waals surface area contributed by atoms with E-state index in [-0.39, 0.29) is 0 Å². The normalized spacial score (nSPS) is 21.3. The van der Waals surface area contributed by atoms with Crippen LogP contribution in [0.2, 0.25) is 0 Å². The number of allylic oxidation sites excluding steroid dienone is 1. The molecule has 0 aromatic heterocycles. The summed E-state index contributed by atoms with van der Waals surface area (Å²) < 4.78 is 38.5. The first-order valence-electron chi connectivity index (χ1n) is 8.48. The van der Waals surface area contributed by atoms with Crippen molar-refractivity contribution < 1.29 is 13.2 Å². The predicted octanol–water partition coefficient (Wildman–Crippen LogP) is 6.78. The summed E-state index contributed by atoms with van der Waals surface area (Å²) in [4.78, 5) is 0. The summed E-state index contributed by atoms with van der Waals surface area (Å²) in [5.41, 5.74) is 2.86. The first kappa shape index (κ1) is 16.8. The molecule has 2 aromatic carbocycles. The quantitative estimate of drug-likeness (QED) is 0.579. The average Bonchev–Trinajstić information content (AvgIpc) is 2.63. The van der Waals surface area contributed by atoms with Crippen molar-refractivity contribution in [1.29, 1.82) is 0 Å². The van der Waals surface area contributed by atoms with Crippen LogP contribution in [-0.2, 0) is 0 Å². The lowest BCUT2D eigenvalue weighted by Gasteiger charge is -2.28. The van der Waals surface area contributed by atoms with Crippen LogP contribution in [0.1, 0.15) is 43.6 Å². The van der Waals surface area contributed by atoms with E-state index in [1.165, 1.54) is 11.6 Å². The van der Waals surface area contributed by atoms with Crippen LogP contribution in [0.25, 0.3) is 11.1 Å². The molecule has 3 rings (SSSR count). The first-order valence-corrected chi connectivity index (χ1v) is 8.48. The molecule has 1 saturated carbocycles. The lowest BCUT2D eigenvalue weighted by atomic mass is 9.77. The molecule has 1 fully saturated rings. The molecule has 0 amide bonds. The van der Waals surface area contributed by atoms with Gasteiger partial charge in [0.2, 0.25) is 0 Å². The molecular weight excluding hydrogens is 309 g/mol. The Kier molecular flexibility index (Phi) is 5.39. The fourth-order valence-electron chi connectivity index (χ4n) is 3.60. The van der Waals surface area contributed by atoms with Crippen LogP contribution in [0.4, 0.5) is 13.2 Å². The summed E-state index contributed by atoms with van der Waals surface area (Å²) >= 11 is 0. The van der Waals surface area contributed by atoms with Crippen molar-refractivity contribution in [2.24, 2.45) is 5.92 Å². The second-order valence-electron chi connectivity index (χ2n) is 6.57. The molecule has 3 heteroatoms. The number of benzene rings is 2. The van der Waals surface area contributed by atoms with Crippen molar-refractivity contribution in [3.8, 4) is 11.1 Å². The number of rotatable bonds is 4. The van der Waals surface area contributed by atoms with Crippen LogP contribution in [0.3, 0.4) is 0 Å². The maximum Gasteiger partial charge on any atom is 0.159 e. The average molecular weight is 330 g/mol. The largest absolute Gasteiger partial charge is 0.216 e. The maximum absolute atomic E-state index is 13.4. The van der Waals surface area contributed by atoms with Gasteiger partial charge in [-0.3, -0.25) is 0 Å². The molecule has 0 N–H and O–H groups in total. The SMILES string of the molecule is FC=CC[C@H]1CC[C@H](c2ccc(-c3ccc(F)c(F)c3)cc2)CC1. The Hall–Kier alpha value is -2.03. The van der Waals surface area contributed by atoms with Gasteiger partial charge in [-0.25, -0.2) is 13.2 Å². The first-order chi connectivity index (χ1) is 11.7. The van der Waals surface area contributed by atoms with Crippen molar-refractivity contribution in [2.75, 3.05) is 0 Å². The van der Waals surface area contributed by atoms with Gasteiger partial charge in [-0.15, -0.1) is 0 Å². The second kappa shape index (κ2) is 7.69. The summed E-state index contributed by atoms with van der Waals surface area (Å²) in [6.07, 6.45) is 7.58. The summed E-state index contributed by atoms with van der Waals surface area (Å²) in [6, 6.07) is 12.1. The summed E-state index contributed by atoms with van der Waals surface area (Å²) in [5, 5.41) is 0. The smallest absolute Gasteiger partial charge is 0.159 e. The molecule has 1 aliphatic rings. The van der Waals surface area contributed by atoms with Crippen LogP contribution >= 0.6 is 0 Å². The van der Waals surface area contributed by atoms with Crippen molar-refractivity contribution in [1.82, 2.24) is 0 Å². The molecule has 0 saturated heterocycles. The summed E-state index contributed by atoms with van der Waals surface area (Å²) in [7, 11) is 0. The van der Waals surface area contributed by atoms with Gasteiger partial charge < -0.3 is 0 Å². The highest BCUT2D eigenvalue weighted by molar-refractivity contribution is 5.63. The topological polar surface area (TPSA) is 0 Å². The van der Waals surface area contributed by atoms with E-state index in [0.29, 0.717) is 23.7 Å². The van der Waals surface area contributed by atoms with Gasteiger partial charge >= 0.3 is 0 Å². The van der Waals surface area contributed by atoms with Gasteiger partial charge in [-0.05, 0) is 72.8 Å². The van der Waals surface area contributed by atoms with Gasteiger partial charge in [0.25, 0.3) is 0 Å². The Bertz CT molecular complexity index is 696. The van der Waals surface area contributed by atoms with E-state index in [9.17, 15) is 13.2 Å². The van der Waals surface area contributed by atoms with Gasteiger partial charge in [-0.1, -0.05) is 36.4 Å². The van der Waals surface area contributed by atoms with E-state index in [1.54, 1.807) is 12.1 Å². The van der Waals surface area contributed by atoms with Crippen LogP contribution in [-0.4, -0.2) is 0 Å². The zero-order valence-electron chi connectivity index (χ0n) is 13.5. The van der Waals surface area contributed by atoms with Crippen molar-refractivity contribution >= 4 is 0 Å². The Labute approximate surface area is 141 Å². The van der Waals surface area contributed by atoms with Crippen LogP contribution in [0.5, 0.6) is 0 Å². The highest BCUT2D eigenvalue weighted by atomic mass is 19.2. The molecule has 0 aliphatic heterocycles. The summed E-state index contributed by atoms with van der Waals surface area (Å²) in [6.45, 7) is 0. The number of hydrogen-bond donors (Lipinski definition) is 0. The van der Waals surface area contributed by atoms with Gasteiger partial charge in [0.1, 0.15) is 0 Å². The Morgan fingerprint density at radius 2 is 1.50 bits per heavy atom. The Morgan fingerprint density at radius 1 is 0.833 bits per heavy atom. The number of halogens is 3. The monoisotopic (exact) mass is 330 g/mol. The van der Waals surface area contributed by atoms with E-state index in [4.69, 9.17) is 0 Å². The van der Waals surface area contributed by atoms with E-state index in [2.05, 4.69) is 12.1 Å². The van der Waals surface area contributed by atoms with E-state index < -0.39 is 11.6 Å². The molecule has 24 heavy (non-hydrogen) atoms. The molecule has 1 aliphatic carbocycles. The maximum atomic E-state index is 13.4. The predicted molar refractivity (Wildman–Crippen MR) is 91.4 cm³/mol. The fraction of sp³-hybridized carbons (Fsp3) is 0.333. The minimum atomic E-state index is -0.824. The van der Waals surface area contributed by atoms with Gasteiger partial charge in [0.15, 0.2) is 11.6 Å². The molecule has 2 aromatic rings. The molecule has 126 valence electrons. The van der Waals surface area contributed by atoms with E-state index >= 15 is 0 Å². The van der Waals surface area contributed by atoms with Gasteiger partial charge in [0, 0.05) is 0 Å². The zero-order chi connectivity index (χ0) is 16.9. The molecule has 0 heterocycles. The van der Waals surface area contributed by atoms with Gasteiger partial charge in [0.05, 0.1) is 6.33 Å². The second-order valence-corrected chi connectivity index (χ2v) is 6.57. The van der Waals surface area contributed by atoms with Crippen molar-refractivity contribution in [2.45, 2.75) is 38.0 Å². The molecule has 0 spiro atoms. The third-order valence-corrected chi connectivity index (χ3v) is 5.04. The van der Waals surface area contributed by atoms with Crippen LogP contribution in [0, 0.1) is 17.6 Å². The van der Waals surface area contributed by atoms with Crippen molar-refractivity contribution in [3.05, 3.63) is 72.1 Å². The van der Waals surface area contributed by atoms with E-state index in [0.717, 1.165) is 43.7 Å². The Balaban J connectivity index is 1.66.